The van der Waals surface area contributed by atoms with E-state index < -0.39 is 11.6 Å². The van der Waals surface area contributed by atoms with Crippen LogP contribution in [0.25, 0.3) is 22.1 Å². The predicted molar refractivity (Wildman–Crippen MR) is 101 cm³/mol. The molecule has 1 aromatic carbocycles. The first-order valence-corrected chi connectivity index (χ1v) is 9.15. The third-order valence-electron chi connectivity index (χ3n) is 3.82. The third kappa shape index (κ3) is 4.40. The van der Waals surface area contributed by atoms with Gasteiger partial charge in [0.15, 0.2) is 11.6 Å². The lowest BCUT2D eigenvalue weighted by atomic mass is 10.1. The summed E-state index contributed by atoms with van der Waals surface area (Å²) < 4.78 is 25.9. The van der Waals surface area contributed by atoms with E-state index in [1.807, 2.05) is 12.3 Å². The largest absolute Gasteiger partial charge is 0.345 e. The van der Waals surface area contributed by atoms with Crippen LogP contribution in [0.4, 0.5) is 8.78 Å². The Kier molecular flexibility index (Phi) is 5.97. The third-order valence-corrected chi connectivity index (χ3v) is 4.62. The molecule has 0 aliphatic rings. The van der Waals surface area contributed by atoms with Crippen LogP contribution < -0.4 is 0 Å². The molecule has 0 bridgehead atoms. The Hall–Kier alpha value is -3.00. The summed E-state index contributed by atoms with van der Waals surface area (Å²) in [4.78, 5) is 10.7. The van der Waals surface area contributed by atoms with E-state index in [0.29, 0.717) is 5.82 Å². The summed E-state index contributed by atoms with van der Waals surface area (Å²) in [7, 11) is 0. The SMILES string of the molecule is CCc1cc(-c2nccs2)nnc1C.Fc1cccc(-c2ncc[nH]2)c1F. The van der Waals surface area contributed by atoms with E-state index >= 15 is 0 Å². The highest BCUT2D eigenvalue weighted by atomic mass is 32.1. The van der Waals surface area contributed by atoms with Crippen LogP contribution in [0, 0.1) is 18.6 Å². The van der Waals surface area contributed by atoms with Crippen LogP contribution in [-0.4, -0.2) is 25.1 Å². The van der Waals surface area contributed by atoms with Crippen LogP contribution in [-0.2, 0) is 6.42 Å². The van der Waals surface area contributed by atoms with Gasteiger partial charge < -0.3 is 4.98 Å². The van der Waals surface area contributed by atoms with E-state index in [-0.39, 0.29) is 5.56 Å². The van der Waals surface area contributed by atoms with Gasteiger partial charge >= 0.3 is 0 Å². The van der Waals surface area contributed by atoms with Crippen LogP contribution in [0.15, 0.2) is 48.2 Å². The number of aryl methyl sites for hydroxylation is 2. The van der Waals surface area contributed by atoms with Crippen LogP contribution in [0.3, 0.4) is 0 Å². The van der Waals surface area contributed by atoms with Gasteiger partial charge in [-0.05, 0) is 37.1 Å². The molecule has 0 unspecified atom stereocenters. The van der Waals surface area contributed by atoms with Gasteiger partial charge in [-0.25, -0.2) is 18.7 Å². The summed E-state index contributed by atoms with van der Waals surface area (Å²) in [5.41, 5.74) is 3.27. The molecule has 0 spiro atoms. The van der Waals surface area contributed by atoms with Gasteiger partial charge in [0.25, 0.3) is 0 Å². The number of nitrogens with zero attached hydrogens (tertiary/aromatic N) is 4. The number of aromatic nitrogens is 5. The van der Waals surface area contributed by atoms with Crippen molar-refractivity contribution < 1.29 is 8.78 Å². The van der Waals surface area contributed by atoms with Crippen LogP contribution in [0.2, 0.25) is 0 Å². The van der Waals surface area contributed by atoms with Crippen molar-refractivity contribution in [2.75, 3.05) is 0 Å². The van der Waals surface area contributed by atoms with Gasteiger partial charge in [-0.3, -0.25) is 0 Å². The second kappa shape index (κ2) is 8.59. The molecule has 0 saturated heterocycles. The second-order valence-corrected chi connectivity index (χ2v) is 6.46. The fraction of sp³-hybridized carbons (Fsp3) is 0.158. The first-order chi connectivity index (χ1) is 13.1. The molecular formula is C19H17F2N5S. The number of H-pyrrole nitrogens is 1. The monoisotopic (exact) mass is 385 g/mol. The Morgan fingerprint density at radius 3 is 2.63 bits per heavy atom. The number of hydrogen-bond donors (Lipinski definition) is 1. The zero-order valence-electron chi connectivity index (χ0n) is 14.8. The van der Waals surface area contributed by atoms with E-state index in [4.69, 9.17) is 0 Å². The molecule has 0 amide bonds. The van der Waals surface area contributed by atoms with Crippen molar-refractivity contribution in [1.82, 2.24) is 25.1 Å². The maximum atomic E-state index is 13.1. The summed E-state index contributed by atoms with van der Waals surface area (Å²) in [6.07, 6.45) is 5.81. The van der Waals surface area contributed by atoms with Crippen LogP contribution in [0.1, 0.15) is 18.2 Å². The molecule has 138 valence electrons. The fourth-order valence-electron chi connectivity index (χ4n) is 2.40. The van der Waals surface area contributed by atoms with Gasteiger partial charge in [0.05, 0.1) is 11.3 Å². The van der Waals surface area contributed by atoms with Crippen LogP contribution >= 0.6 is 11.3 Å². The normalized spacial score (nSPS) is 10.4. The topological polar surface area (TPSA) is 67.3 Å². The van der Waals surface area contributed by atoms with Gasteiger partial charge in [0.2, 0.25) is 0 Å². The number of benzene rings is 1. The van der Waals surface area contributed by atoms with Gasteiger partial charge in [0, 0.05) is 24.0 Å². The summed E-state index contributed by atoms with van der Waals surface area (Å²) in [6, 6.07) is 6.05. The Bertz CT molecular complexity index is 1000. The Morgan fingerprint density at radius 2 is 1.96 bits per heavy atom. The molecule has 5 nitrogen and oxygen atoms in total. The maximum absolute atomic E-state index is 13.1. The fourth-order valence-corrected chi connectivity index (χ4v) is 3.00. The molecule has 4 rings (SSSR count). The highest BCUT2D eigenvalue weighted by molar-refractivity contribution is 7.13. The molecule has 0 saturated carbocycles. The number of nitrogens with one attached hydrogen (secondary N) is 1. The van der Waals surface area contributed by atoms with Crippen molar-refractivity contribution >= 4 is 11.3 Å². The number of imidazole rings is 1. The van der Waals surface area contributed by atoms with Crippen molar-refractivity contribution in [3.8, 4) is 22.1 Å². The highest BCUT2D eigenvalue weighted by Crippen LogP contribution is 2.21. The predicted octanol–water partition coefficient (Wildman–Crippen LogP) is 4.83. The minimum Gasteiger partial charge on any atom is -0.345 e. The number of rotatable bonds is 3. The van der Waals surface area contributed by atoms with Crippen molar-refractivity contribution in [2.45, 2.75) is 20.3 Å². The van der Waals surface area contributed by atoms with Crippen molar-refractivity contribution in [3.63, 3.8) is 0 Å². The van der Waals surface area contributed by atoms with E-state index in [9.17, 15) is 8.78 Å². The number of hydrogen-bond acceptors (Lipinski definition) is 5. The van der Waals surface area contributed by atoms with Gasteiger partial charge in [-0.15, -0.1) is 16.4 Å². The van der Waals surface area contributed by atoms with Crippen molar-refractivity contribution in [2.24, 2.45) is 0 Å². The maximum Gasteiger partial charge on any atom is 0.169 e. The number of aromatic amines is 1. The van der Waals surface area contributed by atoms with E-state index in [1.165, 1.54) is 23.9 Å². The van der Waals surface area contributed by atoms with Crippen LogP contribution in [0.5, 0.6) is 0 Å². The zero-order chi connectivity index (χ0) is 19.2. The number of halogens is 2. The van der Waals surface area contributed by atoms with E-state index in [0.717, 1.165) is 28.9 Å². The highest BCUT2D eigenvalue weighted by Gasteiger charge is 2.10. The molecule has 4 aromatic rings. The average molecular weight is 385 g/mol. The Balaban J connectivity index is 0.000000156. The summed E-state index contributed by atoms with van der Waals surface area (Å²) in [5, 5.41) is 11.1. The molecule has 8 heteroatoms. The molecule has 1 N–H and O–H groups in total. The molecule has 0 fully saturated rings. The summed E-state index contributed by atoms with van der Waals surface area (Å²) >= 11 is 1.59. The van der Waals surface area contributed by atoms with Crippen molar-refractivity contribution in [3.05, 3.63) is 71.1 Å². The molecule has 0 atom stereocenters. The standard InChI is InChI=1S/C10H11N3S.C9H6F2N2/c1-3-8-6-9(13-12-7(8)2)10-11-4-5-14-10;10-7-3-1-2-6(8(7)11)9-12-4-5-13-9/h4-6H,3H2,1-2H3;1-5H,(H,12,13). The lowest BCUT2D eigenvalue weighted by Gasteiger charge is -2.01. The second-order valence-electron chi connectivity index (χ2n) is 5.57. The van der Waals surface area contributed by atoms with Gasteiger partial charge in [0.1, 0.15) is 16.5 Å². The van der Waals surface area contributed by atoms with E-state index in [1.54, 1.807) is 23.7 Å². The Morgan fingerprint density at radius 1 is 1.11 bits per heavy atom. The summed E-state index contributed by atoms with van der Waals surface area (Å²) in [5.74, 6) is -1.41. The molecule has 0 radical (unpaired) electrons. The summed E-state index contributed by atoms with van der Waals surface area (Å²) in [6.45, 7) is 4.10. The smallest absolute Gasteiger partial charge is 0.169 e. The first kappa shape index (κ1) is 18.8. The van der Waals surface area contributed by atoms with Gasteiger partial charge in [-0.1, -0.05) is 13.0 Å². The number of thiazole rings is 1. The molecule has 3 heterocycles. The molecule has 0 aliphatic heterocycles. The quantitative estimate of drug-likeness (QED) is 0.549. The molecule has 0 aliphatic carbocycles. The minimum atomic E-state index is -0.877. The zero-order valence-corrected chi connectivity index (χ0v) is 15.6. The minimum absolute atomic E-state index is 0.144. The average Bonchev–Trinajstić information content (AvgIpc) is 3.39. The Labute approximate surface area is 159 Å². The lowest BCUT2D eigenvalue weighted by molar-refractivity contribution is 0.510. The molecule has 27 heavy (non-hydrogen) atoms. The first-order valence-electron chi connectivity index (χ1n) is 8.27. The molecular weight excluding hydrogens is 368 g/mol. The van der Waals surface area contributed by atoms with Crippen molar-refractivity contribution in [1.29, 1.82) is 0 Å². The molecule has 3 aromatic heterocycles. The van der Waals surface area contributed by atoms with Gasteiger partial charge in [-0.2, -0.15) is 5.10 Å². The van der Waals surface area contributed by atoms with E-state index in [2.05, 4.69) is 38.1 Å². The lowest BCUT2D eigenvalue weighted by Crippen LogP contribution is -1.96.